The fourth-order valence-corrected chi connectivity index (χ4v) is 4.45. The number of benzene rings is 1. The summed E-state index contributed by atoms with van der Waals surface area (Å²) >= 11 is 9.30. The molecular formula is C22H24BrClN4O2. The molecule has 4 rings (SSSR count). The van der Waals surface area contributed by atoms with Crippen LogP contribution in [0.4, 0.5) is 5.82 Å². The second-order valence-corrected chi connectivity index (χ2v) is 9.07. The van der Waals surface area contributed by atoms with E-state index in [1.54, 1.807) is 6.20 Å². The van der Waals surface area contributed by atoms with Crippen molar-refractivity contribution in [3.05, 3.63) is 57.7 Å². The number of likely N-dealkylation sites (tertiary alicyclic amines) is 1. The lowest BCUT2D eigenvalue weighted by Gasteiger charge is -2.39. The van der Waals surface area contributed by atoms with E-state index in [1.165, 1.54) is 0 Å². The van der Waals surface area contributed by atoms with Crippen molar-refractivity contribution >= 4 is 45.2 Å². The van der Waals surface area contributed by atoms with E-state index in [-0.39, 0.29) is 17.7 Å². The van der Waals surface area contributed by atoms with Crippen molar-refractivity contribution in [2.45, 2.75) is 12.8 Å². The van der Waals surface area contributed by atoms with E-state index in [9.17, 15) is 9.59 Å². The third-order valence-electron chi connectivity index (χ3n) is 5.85. The Morgan fingerprint density at radius 1 is 0.900 bits per heavy atom. The molecule has 0 bridgehead atoms. The van der Waals surface area contributed by atoms with Gasteiger partial charge < -0.3 is 14.7 Å². The van der Waals surface area contributed by atoms with Crippen LogP contribution in [0.15, 0.2) is 47.1 Å². The minimum absolute atomic E-state index is 0.000764. The lowest BCUT2D eigenvalue weighted by atomic mass is 9.94. The Morgan fingerprint density at radius 2 is 1.57 bits per heavy atom. The molecule has 0 aliphatic carbocycles. The molecule has 158 valence electrons. The van der Waals surface area contributed by atoms with Gasteiger partial charge in [-0.1, -0.05) is 27.5 Å². The van der Waals surface area contributed by atoms with E-state index >= 15 is 0 Å². The molecule has 0 radical (unpaired) electrons. The van der Waals surface area contributed by atoms with Crippen LogP contribution < -0.4 is 4.90 Å². The van der Waals surface area contributed by atoms with Gasteiger partial charge in [0.2, 0.25) is 5.91 Å². The number of anilines is 1. The molecule has 30 heavy (non-hydrogen) atoms. The number of pyridine rings is 1. The molecule has 2 aliphatic heterocycles. The first-order valence-electron chi connectivity index (χ1n) is 10.2. The summed E-state index contributed by atoms with van der Waals surface area (Å²) in [4.78, 5) is 36.0. The molecule has 0 saturated carbocycles. The van der Waals surface area contributed by atoms with Crippen molar-refractivity contribution in [2.24, 2.45) is 5.92 Å². The Bertz CT molecular complexity index is 890. The van der Waals surface area contributed by atoms with Crippen LogP contribution in [-0.4, -0.2) is 65.9 Å². The quantitative estimate of drug-likeness (QED) is 0.657. The van der Waals surface area contributed by atoms with E-state index in [4.69, 9.17) is 11.6 Å². The minimum atomic E-state index is -0.000764. The molecule has 2 aromatic rings. The number of carbonyl (C=O) groups excluding carboxylic acids is 2. The summed E-state index contributed by atoms with van der Waals surface area (Å²) in [5.41, 5.74) is 0.690. The van der Waals surface area contributed by atoms with Crippen molar-refractivity contribution in [2.75, 3.05) is 44.2 Å². The predicted octanol–water partition coefficient (Wildman–Crippen LogP) is 3.70. The topological polar surface area (TPSA) is 56.8 Å². The van der Waals surface area contributed by atoms with Gasteiger partial charge in [0.05, 0.1) is 5.02 Å². The lowest BCUT2D eigenvalue weighted by Crippen LogP contribution is -2.52. The van der Waals surface area contributed by atoms with E-state index < -0.39 is 0 Å². The third-order valence-corrected chi connectivity index (χ3v) is 6.60. The molecule has 0 atom stereocenters. The Labute approximate surface area is 189 Å². The number of amides is 2. The number of halogens is 2. The minimum Gasteiger partial charge on any atom is -0.353 e. The molecule has 1 aromatic carbocycles. The van der Waals surface area contributed by atoms with Gasteiger partial charge in [-0.3, -0.25) is 9.59 Å². The van der Waals surface area contributed by atoms with Crippen LogP contribution in [0, 0.1) is 5.92 Å². The van der Waals surface area contributed by atoms with Crippen molar-refractivity contribution in [1.82, 2.24) is 14.8 Å². The molecule has 2 amide bonds. The largest absolute Gasteiger partial charge is 0.353 e. The van der Waals surface area contributed by atoms with Crippen LogP contribution in [0.5, 0.6) is 0 Å². The maximum atomic E-state index is 13.0. The van der Waals surface area contributed by atoms with Crippen LogP contribution in [0.1, 0.15) is 23.2 Å². The number of piperidine rings is 1. The summed E-state index contributed by atoms with van der Waals surface area (Å²) in [6.07, 6.45) is 3.10. The highest BCUT2D eigenvalue weighted by atomic mass is 79.9. The molecule has 8 heteroatoms. The van der Waals surface area contributed by atoms with E-state index in [1.807, 2.05) is 46.2 Å². The maximum absolute atomic E-state index is 13.0. The lowest BCUT2D eigenvalue weighted by molar-refractivity contribution is -0.137. The summed E-state index contributed by atoms with van der Waals surface area (Å²) in [5, 5.41) is 0.623. The Kier molecular flexibility index (Phi) is 6.58. The zero-order valence-corrected chi connectivity index (χ0v) is 19.0. The number of hydrogen-bond acceptors (Lipinski definition) is 4. The van der Waals surface area contributed by atoms with Crippen molar-refractivity contribution < 1.29 is 9.59 Å². The number of hydrogen-bond donors (Lipinski definition) is 0. The van der Waals surface area contributed by atoms with E-state index in [2.05, 4.69) is 25.8 Å². The van der Waals surface area contributed by atoms with Crippen LogP contribution in [-0.2, 0) is 4.79 Å². The molecule has 0 N–H and O–H groups in total. The van der Waals surface area contributed by atoms with Gasteiger partial charge in [-0.2, -0.15) is 0 Å². The Balaban J connectivity index is 1.27. The summed E-state index contributed by atoms with van der Waals surface area (Å²) in [6, 6.07) is 11.2. The highest BCUT2D eigenvalue weighted by molar-refractivity contribution is 9.10. The normalized spacial score (nSPS) is 17.9. The second-order valence-electron chi connectivity index (χ2n) is 7.72. The van der Waals surface area contributed by atoms with Gasteiger partial charge in [0.1, 0.15) is 5.82 Å². The molecule has 2 aliphatic rings. The van der Waals surface area contributed by atoms with Crippen molar-refractivity contribution in [1.29, 1.82) is 0 Å². The zero-order valence-electron chi connectivity index (χ0n) is 16.6. The predicted molar refractivity (Wildman–Crippen MR) is 121 cm³/mol. The third kappa shape index (κ3) is 4.78. The first kappa shape index (κ1) is 21.1. The van der Waals surface area contributed by atoms with Crippen LogP contribution in [0.25, 0.3) is 0 Å². The summed E-state index contributed by atoms with van der Waals surface area (Å²) in [5.74, 6) is 1.15. The second kappa shape index (κ2) is 9.35. The summed E-state index contributed by atoms with van der Waals surface area (Å²) < 4.78 is 0.954. The number of nitrogens with zero attached hydrogens (tertiary/aromatic N) is 4. The average molecular weight is 492 g/mol. The van der Waals surface area contributed by atoms with Gasteiger partial charge in [-0.15, -0.1) is 0 Å². The molecule has 3 heterocycles. The first-order chi connectivity index (χ1) is 14.5. The highest BCUT2D eigenvalue weighted by Crippen LogP contribution is 2.23. The fraction of sp³-hybridized carbons (Fsp3) is 0.409. The van der Waals surface area contributed by atoms with Gasteiger partial charge in [0.15, 0.2) is 0 Å². The smallest absolute Gasteiger partial charge is 0.253 e. The molecular weight excluding hydrogens is 468 g/mol. The first-order valence-corrected chi connectivity index (χ1v) is 11.4. The SMILES string of the molecule is O=C(c1ccc(Br)cc1)N1CCC(C(=O)N2CCN(c3ccc(Cl)cn3)CC2)CC1. The molecule has 2 fully saturated rings. The highest BCUT2D eigenvalue weighted by Gasteiger charge is 2.32. The van der Waals surface area contributed by atoms with Crippen molar-refractivity contribution in [3.8, 4) is 0 Å². The Hall–Kier alpha value is -2.12. The van der Waals surface area contributed by atoms with E-state index in [0.717, 1.165) is 36.2 Å². The molecule has 0 spiro atoms. The summed E-state index contributed by atoms with van der Waals surface area (Å²) in [6.45, 7) is 4.17. The van der Waals surface area contributed by atoms with Gasteiger partial charge in [-0.25, -0.2) is 4.98 Å². The van der Waals surface area contributed by atoms with Crippen LogP contribution >= 0.6 is 27.5 Å². The molecule has 1 aromatic heterocycles. The molecule has 0 unspecified atom stereocenters. The monoisotopic (exact) mass is 490 g/mol. The number of aromatic nitrogens is 1. The summed E-state index contributed by atoms with van der Waals surface area (Å²) in [7, 11) is 0. The standard InChI is InChI=1S/C22H24BrClN4O2/c23-18-3-1-16(2-4-18)21(29)27-9-7-17(8-10-27)22(30)28-13-11-26(12-14-28)20-6-5-19(24)15-25-20/h1-6,15,17H,7-14H2. The number of carbonyl (C=O) groups is 2. The number of rotatable bonds is 3. The van der Waals surface area contributed by atoms with Crippen molar-refractivity contribution in [3.63, 3.8) is 0 Å². The molecule has 6 nitrogen and oxygen atoms in total. The van der Waals surface area contributed by atoms with E-state index in [0.29, 0.717) is 36.8 Å². The van der Waals surface area contributed by atoms with Crippen LogP contribution in [0.3, 0.4) is 0 Å². The maximum Gasteiger partial charge on any atom is 0.253 e. The fourth-order valence-electron chi connectivity index (χ4n) is 4.07. The van der Waals surface area contributed by atoms with Gasteiger partial charge >= 0.3 is 0 Å². The average Bonchev–Trinajstić information content (AvgIpc) is 2.79. The van der Waals surface area contributed by atoms with Gasteiger partial charge in [0.25, 0.3) is 5.91 Å². The van der Waals surface area contributed by atoms with Gasteiger partial charge in [-0.05, 0) is 49.2 Å². The van der Waals surface area contributed by atoms with Gasteiger partial charge in [0, 0.05) is 61.4 Å². The molecule has 2 saturated heterocycles. The van der Waals surface area contributed by atoms with Crippen LogP contribution in [0.2, 0.25) is 5.02 Å². The number of piperazine rings is 1. The zero-order chi connectivity index (χ0) is 21.1. The Morgan fingerprint density at radius 3 is 2.17 bits per heavy atom.